The smallest absolute Gasteiger partial charge is 0.276 e. The Labute approximate surface area is 123 Å². The summed E-state index contributed by atoms with van der Waals surface area (Å²) in [5.41, 5.74) is 0.990. The molecule has 2 N–H and O–H groups in total. The lowest BCUT2D eigenvalue weighted by Gasteiger charge is -2.12. The summed E-state index contributed by atoms with van der Waals surface area (Å²) in [5, 5.41) is 13.8. The van der Waals surface area contributed by atoms with Gasteiger partial charge >= 0.3 is 0 Å². The first-order valence-electron chi connectivity index (χ1n) is 6.64. The van der Waals surface area contributed by atoms with E-state index >= 15 is 0 Å². The van der Waals surface area contributed by atoms with Gasteiger partial charge in [0.05, 0.1) is 6.61 Å². The van der Waals surface area contributed by atoms with Crippen LogP contribution in [0.15, 0.2) is 42.5 Å². The highest BCUT2D eigenvalue weighted by Gasteiger charge is 2.09. The first-order chi connectivity index (χ1) is 10.2. The summed E-state index contributed by atoms with van der Waals surface area (Å²) in [7, 11) is 1.64. The van der Waals surface area contributed by atoms with Crippen LogP contribution in [0.25, 0.3) is 0 Å². The number of benzene rings is 1. The Hall–Kier alpha value is -2.47. The molecule has 21 heavy (non-hydrogen) atoms. The molecule has 2 rings (SSSR count). The standard InChI is InChI=1S/C15H18N4O2/c1-11(10-21-2)16-14-9-8-13(18-19-14)15(20)17-12-6-4-3-5-7-12/h3-9,11H,10H2,1-2H3,(H,16,19)(H,17,20). The van der Waals surface area contributed by atoms with Crippen LogP contribution in [-0.2, 0) is 4.74 Å². The van der Waals surface area contributed by atoms with Gasteiger partial charge in [-0.05, 0) is 31.2 Å². The van der Waals surface area contributed by atoms with E-state index in [0.29, 0.717) is 12.4 Å². The number of aromatic nitrogens is 2. The highest BCUT2D eigenvalue weighted by Crippen LogP contribution is 2.08. The topological polar surface area (TPSA) is 76.1 Å². The zero-order valence-corrected chi connectivity index (χ0v) is 12.0. The highest BCUT2D eigenvalue weighted by molar-refractivity contribution is 6.02. The Morgan fingerprint density at radius 1 is 1.19 bits per heavy atom. The third kappa shape index (κ3) is 4.54. The van der Waals surface area contributed by atoms with Crippen molar-refractivity contribution in [2.45, 2.75) is 13.0 Å². The van der Waals surface area contributed by atoms with E-state index in [0.717, 1.165) is 5.69 Å². The first-order valence-corrected chi connectivity index (χ1v) is 6.64. The molecule has 0 bridgehead atoms. The van der Waals surface area contributed by atoms with E-state index in [1.54, 1.807) is 19.2 Å². The van der Waals surface area contributed by atoms with Crippen LogP contribution >= 0.6 is 0 Å². The van der Waals surface area contributed by atoms with Crippen LogP contribution in [0.4, 0.5) is 11.5 Å². The van der Waals surface area contributed by atoms with E-state index in [4.69, 9.17) is 4.74 Å². The number of amides is 1. The normalized spacial score (nSPS) is 11.7. The van der Waals surface area contributed by atoms with Crippen molar-refractivity contribution in [2.24, 2.45) is 0 Å². The first kappa shape index (κ1) is 14.9. The van der Waals surface area contributed by atoms with Gasteiger partial charge in [0.1, 0.15) is 5.82 Å². The van der Waals surface area contributed by atoms with Gasteiger partial charge in [0.25, 0.3) is 5.91 Å². The molecule has 6 heteroatoms. The molecular formula is C15H18N4O2. The number of hydrogen-bond acceptors (Lipinski definition) is 5. The second-order valence-electron chi connectivity index (χ2n) is 4.62. The van der Waals surface area contributed by atoms with E-state index in [1.807, 2.05) is 37.3 Å². The van der Waals surface area contributed by atoms with E-state index in [2.05, 4.69) is 20.8 Å². The van der Waals surface area contributed by atoms with Crippen molar-refractivity contribution in [1.82, 2.24) is 10.2 Å². The van der Waals surface area contributed by atoms with E-state index < -0.39 is 0 Å². The number of ether oxygens (including phenoxy) is 1. The molecule has 0 saturated heterocycles. The number of nitrogens with zero attached hydrogens (tertiary/aromatic N) is 2. The Kier molecular flexibility index (Phi) is 5.22. The zero-order chi connectivity index (χ0) is 15.1. The summed E-state index contributed by atoms with van der Waals surface area (Å²) in [4.78, 5) is 12.0. The quantitative estimate of drug-likeness (QED) is 0.851. The van der Waals surface area contributed by atoms with Crippen LogP contribution in [0.3, 0.4) is 0 Å². The van der Waals surface area contributed by atoms with Gasteiger partial charge in [-0.15, -0.1) is 10.2 Å². The second-order valence-corrected chi connectivity index (χ2v) is 4.62. The van der Waals surface area contributed by atoms with Crippen molar-refractivity contribution in [3.63, 3.8) is 0 Å². The molecule has 2 aromatic rings. The van der Waals surface area contributed by atoms with Crippen LogP contribution in [0, 0.1) is 0 Å². The second kappa shape index (κ2) is 7.35. The van der Waals surface area contributed by atoms with Crippen molar-refractivity contribution < 1.29 is 9.53 Å². The average Bonchev–Trinajstić information content (AvgIpc) is 2.49. The molecule has 0 aliphatic heterocycles. The molecule has 110 valence electrons. The molecule has 0 aliphatic carbocycles. The Bertz CT molecular complexity index is 572. The Balaban J connectivity index is 1.97. The monoisotopic (exact) mass is 286 g/mol. The van der Waals surface area contributed by atoms with Gasteiger partial charge in [-0.25, -0.2) is 0 Å². The number of carbonyl (C=O) groups excluding carboxylic acids is 1. The lowest BCUT2D eigenvalue weighted by molar-refractivity contribution is 0.102. The predicted molar refractivity (Wildman–Crippen MR) is 81.4 cm³/mol. The molecule has 6 nitrogen and oxygen atoms in total. The van der Waals surface area contributed by atoms with Gasteiger partial charge in [0.2, 0.25) is 0 Å². The number of nitrogens with one attached hydrogen (secondary N) is 2. The lowest BCUT2D eigenvalue weighted by Crippen LogP contribution is -2.22. The third-order valence-corrected chi connectivity index (χ3v) is 2.74. The number of hydrogen-bond donors (Lipinski definition) is 2. The van der Waals surface area contributed by atoms with Crippen molar-refractivity contribution in [3.8, 4) is 0 Å². The fourth-order valence-electron chi connectivity index (χ4n) is 1.79. The van der Waals surface area contributed by atoms with Crippen LogP contribution in [0.1, 0.15) is 17.4 Å². The maximum atomic E-state index is 12.0. The van der Waals surface area contributed by atoms with Gasteiger partial charge in [-0.1, -0.05) is 18.2 Å². The van der Waals surface area contributed by atoms with Gasteiger partial charge in [0, 0.05) is 18.8 Å². The van der Waals surface area contributed by atoms with Crippen molar-refractivity contribution in [3.05, 3.63) is 48.2 Å². The zero-order valence-electron chi connectivity index (χ0n) is 12.0. The molecule has 1 aromatic carbocycles. The Morgan fingerprint density at radius 2 is 1.95 bits per heavy atom. The van der Waals surface area contributed by atoms with Crippen molar-refractivity contribution in [2.75, 3.05) is 24.4 Å². The molecule has 0 aliphatic rings. The summed E-state index contributed by atoms with van der Waals surface area (Å²) in [6.07, 6.45) is 0. The molecule has 1 heterocycles. The lowest BCUT2D eigenvalue weighted by atomic mass is 10.3. The molecule has 0 radical (unpaired) electrons. The van der Waals surface area contributed by atoms with Crippen LogP contribution < -0.4 is 10.6 Å². The Morgan fingerprint density at radius 3 is 2.57 bits per heavy atom. The van der Waals surface area contributed by atoms with Crippen molar-refractivity contribution >= 4 is 17.4 Å². The molecule has 1 amide bonds. The van der Waals surface area contributed by atoms with E-state index in [-0.39, 0.29) is 17.6 Å². The largest absolute Gasteiger partial charge is 0.383 e. The fourth-order valence-corrected chi connectivity index (χ4v) is 1.79. The fraction of sp³-hybridized carbons (Fsp3) is 0.267. The maximum absolute atomic E-state index is 12.0. The minimum absolute atomic E-state index is 0.119. The van der Waals surface area contributed by atoms with Crippen LogP contribution in [0.2, 0.25) is 0 Å². The summed E-state index contributed by atoms with van der Waals surface area (Å²) in [6, 6.07) is 12.7. The highest BCUT2D eigenvalue weighted by atomic mass is 16.5. The predicted octanol–water partition coefficient (Wildman–Crippen LogP) is 2.18. The van der Waals surface area contributed by atoms with Gasteiger partial charge < -0.3 is 15.4 Å². The third-order valence-electron chi connectivity index (χ3n) is 2.74. The van der Waals surface area contributed by atoms with Gasteiger partial charge in [-0.3, -0.25) is 4.79 Å². The summed E-state index contributed by atoms with van der Waals surface area (Å²) in [5.74, 6) is 0.320. The summed E-state index contributed by atoms with van der Waals surface area (Å²) in [6.45, 7) is 2.54. The molecule has 0 spiro atoms. The summed E-state index contributed by atoms with van der Waals surface area (Å²) >= 11 is 0. The van der Waals surface area contributed by atoms with Crippen LogP contribution in [-0.4, -0.2) is 35.9 Å². The minimum atomic E-state index is -0.287. The van der Waals surface area contributed by atoms with Crippen molar-refractivity contribution in [1.29, 1.82) is 0 Å². The number of anilines is 2. The van der Waals surface area contributed by atoms with Crippen LogP contribution in [0.5, 0.6) is 0 Å². The van der Waals surface area contributed by atoms with E-state index in [1.165, 1.54) is 0 Å². The molecule has 1 aromatic heterocycles. The average molecular weight is 286 g/mol. The SMILES string of the molecule is COCC(C)Nc1ccc(C(=O)Nc2ccccc2)nn1. The molecule has 1 unspecified atom stereocenters. The number of carbonyl (C=O) groups is 1. The number of rotatable bonds is 6. The number of para-hydroxylation sites is 1. The van der Waals surface area contributed by atoms with Gasteiger partial charge in [0.15, 0.2) is 5.69 Å². The summed E-state index contributed by atoms with van der Waals surface area (Å²) < 4.78 is 5.03. The number of methoxy groups -OCH3 is 1. The molecule has 1 atom stereocenters. The van der Waals surface area contributed by atoms with Gasteiger partial charge in [-0.2, -0.15) is 0 Å². The van der Waals surface area contributed by atoms with E-state index in [9.17, 15) is 4.79 Å². The molecule has 0 fully saturated rings. The maximum Gasteiger partial charge on any atom is 0.276 e. The molecular weight excluding hydrogens is 268 g/mol. The minimum Gasteiger partial charge on any atom is -0.383 e. The molecule has 0 saturated carbocycles.